The first-order valence-corrected chi connectivity index (χ1v) is 8.71. The van der Waals surface area contributed by atoms with Gasteiger partial charge in [-0.25, -0.2) is 4.79 Å². The number of carbonyl (C=O) groups is 2. The average molecular weight is 446 g/mol. The Morgan fingerprint density at radius 3 is 1.94 bits per heavy atom. The zero-order valence-corrected chi connectivity index (χ0v) is 15.9. The second-order valence-electron chi connectivity index (χ2n) is 6.03. The van der Waals surface area contributed by atoms with Crippen LogP contribution >= 0.6 is 0 Å². The Hall–Kier alpha value is -3.50. The summed E-state index contributed by atoms with van der Waals surface area (Å²) in [4.78, 5) is 24.6. The minimum absolute atomic E-state index is 0.0801. The van der Waals surface area contributed by atoms with Crippen LogP contribution in [-0.4, -0.2) is 18.5 Å². The maximum absolute atomic E-state index is 12.8. The highest BCUT2D eigenvalue weighted by Crippen LogP contribution is 2.31. The highest BCUT2D eigenvalue weighted by Gasteiger charge is 2.31. The molecular weight excluding hydrogens is 430 g/mol. The SMILES string of the molecule is CCOC(=O)C(=CNc1cccc(C(F)(F)F)c1)C(=O)Nc1cccc(C(F)(F)F)c1. The van der Waals surface area contributed by atoms with Crippen molar-refractivity contribution in [3.05, 3.63) is 71.4 Å². The minimum Gasteiger partial charge on any atom is -0.462 e. The van der Waals surface area contributed by atoms with E-state index in [-0.39, 0.29) is 18.0 Å². The molecule has 31 heavy (non-hydrogen) atoms. The van der Waals surface area contributed by atoms with Gasteiger partial charge in [0.15, 0.2) is 0 Å². The number of alkyl halides is 6. The molecule has 0 aliphatic heterocycles. The molecule has 2 aromatic rings. The molecule has 0 saturated heterocycles. The monoisotopic (exact) mass is 446 g/mol. The maximum atomic E-state index is 12.8. The van der Waals surface area contributed by atoms with E-state index in [4.69, 9.17) is 4.74 Å². The van der Waals surface area contributed by atoms with Gasteiger partial charge >= 0.3 is 18.3 Å². The van der Waals surface area contributed by atoms with E-state index in [0.29, 0.717) is 6.07 Å². The van der Waals surface area contributed by atoms with Crippen LogP contribution in [0, 0.1) is 0 Å². The van der Waals surface area contributed by atoms with E-state index in [1.165, 1.54) is 19.1 Å². The lowest BCUT2D eigenvalue weighted by molar-refractivity contribution is -0.140. The number of hydrogen-bond donors (Lipinski definition) is 2. The van der Waals surface area contributed by atoms with Crippen molar-refractivity contribution >= 4 is 23.3 Å². The molecule has 0 spiro atoms. The molecular formula is C20H16F6N2O3. The van der Waals surface area contributed by atoms with Crippen LogP contribution in [0.3, 0.4) is 0 Å². The Labute approximate surface area is 172 Å². The van der Waals surface area contributed by atoms with Gasteiger partial charge < -0.3 is 15.4 Å². The molecule has 0 bridgehead atoms. The Kier molecular flexibility index (Phi) is 7.32. The van der Waals surface area contributed by atoms with Gasteiger partial charge in [-0.2, -0.15) is 26.3 Å². The maximum Gasteiger partial charge on any atom is 0.416 e. The van der Waals surface area contributed by atoms with Crippen molar-refractivity contribution in [3.8, 4) is 0 Å². The largest absolute Gasteiger partial charge is 0.462 e. The fourth-order valence-electron chi connectivity index (χ4n) is 2.34. The Morgan fingerprint density at radius 1 is 0.903 bits per heavy atom. The van der Waals surface area contributed by atoms with E-state index in [0.717, 1.165) is 36.5 Å². The molecule has 166 valence electrons. The number of rotatable bonds is 6. The highest BCUT2D eigenvalue weighted by atomic mass is 19.4. The Morgan fingerprint density at radius 2 is 1.42 bits per heavy atom. The summed E-state index contributed by atoms with van der Waals surface area (Å²) in [6.45, 7) is 1.34. The molecule has 2 rings (SSSR count). The molecule has 0 saturated carbocycles. The zero-order chi connectivity index (χ0) is 23.2. The third kappa shape index (κ3) is 6.76. The van der Waals surface area contributed by atoms with Gasteiger partial charge in [0.1, 0.15) is 5.57 Å². The van der Waals surface area contributed by atoms with Gasteiger partial charge in [-0.15, -0.1) is 0 Å². The second-order valence-corrected chi connectivity index (χ2v) is 6.03. The van der Waals surface area contributed by atoms with E-state index in [2.05, 4.69) is 10.6 Å². The number of hydrogen-bond acceptors (Lipinski definition) is 4. The molecule has 0 atom stereocenters. The average Bonchev–Trinajstić information content (AvgIpc) is 2.67. The van der Waals surface area contributed by atoms with Gasteiger partial charge in [0.2, 0.25) is 0 Å². The first kappa shape index (κ1) is 23.8. The standard InChI is InChI=1S/C20H16F6N2O3/c1-2-31-18(30)16(11-27-14-7-3-5-12(9-14)19(21,22)23)17(29)28-15-8-4-6-13(10-15)20(24,25)26/h3-11,27H,2H2,1H3,(H,28,29). The van der Waals surface area contributed by atoms with Crippen LogP contribution in [0.1, 0.15) is 18.1 Å². The smallest absolute Gasteiger partial charge is 0.416 e. The first-order valence-electron chi connectivity index (χ1n) is 8.71. The van der Waals surface area contributed by atoms with Crippen molar-refractivity contribution < 1.29 is 40.7 Å². The summed E-state index contributed by atoms with van der Waals surface area (Å²) >= 11 is 0. The van der Waals surface area contributed by atoms with Crippen molar-refractivity contribution in [1.29, 1.82) is 0 Å². The lowest BCUT2D eigenvalue weighted by Crippen LogP contribution is -2.23. The van der Waals surface area contributed by atoms with E-state index < -0.39 is 40.9 Å². The predicted octanol–water partition coefficient (Wildman–Crippen LogP) is 5.22. The molecule has 0 radical (unpaired) electrons. The van der Waals surface area contributed by atoms with Crippen molar-refractivity contribution in [3.63, 3.8) is 0 Å². The molecule has 0 fully saturated rings. The summed E-state index contributed by atoms with van der Waals surface area (Å²) in [7, 11) is 0. The summed E-state index contributed by atoms with van der Waals surface area (Å²) < 4.78 is 81.7. The summed E-state index contributed by atoms with van der Waals surface area (Å²) in [5.74, 6) is -2.23. The Balaban J connectivity index is 2.28. The number of nitrogens with one attached hydrogen (secondary N) is 2. The number of benzene rings is 2. The van der Waals surface area contributed by atoms with Crippen LogP contribution in [-0.2, 0) is 26.7 Å². The van der Waals surface area contributed by atoms with Crippen molar-refractivity contribution in [2.24, 2.45) is 0 Å². The number of anilines is 2. The van der Waals surface area contributed by atoms with Crippen molar-refractivity contribution in [1.82, 2.24) is 0 Å². The molecule has 1 amide bonds. The number of ether oxygens (including phenoxy) is 1. The van der Waals surface area contributed by atoms with Gasteiger partial charge in [-0.3, -0.25) is 4.79 Å². The molecule has 0 aromatic heterocycles. The number of halogens is 6. The molecule has 2 N–H and O–H groups in total. The van der Waals surface area contributed by atoms with E-state index in [1.807, 2.05) is 0 Å². The highest BCUT2D eigenvalue weighted by molar-refractivity contribution is 6.21. The van der Waals surface area contributed by atoms with E-state index in [9.17, 15) is 35.9 Å². The number of carbonyl (C=O) groups excluding carboxylic acids is 2. The van der Waals surface area contributed by atoms with E-state index >= 15 is 0 Å². The third-order valence-electron chi connectivity index (χ3n) is 3.76. The van der Waals surface area contributed by atoms with E-state index in [1.54, 1.807) is 0 Å². The number of amides is 1. The third-order valence-corrected chi connectivity index (χ3v) is 3.76. The fourth-order valence-corrected chi connectivity index (χ4v) is 2.34. The molecule has 0 unspecified atom stereocenters. The van der Waals surface area contributed by atoms with Crippen LogP contribution in [0.25, 0.3) is 0 Å². The summed E-state index contributed by atoms with van der Waals surface area (Å²) in [5, 5.41) is 4.53. The van der Waals surface area contributed by atoms with Crippen molar-refractivity contribution in [2.75, 3.05) is 17.2 Å². The molecule has 11 heteroatoms. The molecule has 2 aromatic carbocycles. The van der Waals surface area contributed by atoms with Crippen LogP contribution in [0.15, 0.2) is 60.3 Å². The first-order chi connectivity index (χ1) is 14.4. The molecule has 5 nitrogen and oxygen atoms in total. The van der Waals surface area contributed by atoms with Crippen LogP contribution in [0.2, 0.25) is 0 Å². The molecule has 0 heterocycles. The van der Waals surface area contributed by atoms with Crippen LogP contribution < -0.4 is 10.6 Å². The van der Waals surface area contributed by atoms with Crippen LogP contribution in [0.5, 0.6) is 0 Å². The van der Waals surface area contributed by atoms with Crippen LogP contribution in [0.4, 0.5) is 37.7 Å². The predicted molar refractivity (Wildman–Crippen MR) is 99.9 cm³/mol. The topological polar surface area (TPSA) is 67.4 Å². The van der Waals surface area contributed by atoms with Gasteiger partial charge in [0, 0.05) is 17.6 Å². The second kappa shape index (κ2) is 9.54. The van der Waals surface area contributed by atoms with Gasteiger partial charge in [0.25, 0.3) is 5.91 Å². The minimum atomic E-state index is -4.65. The van der Waals surface area contributed by atoms with Crippen molar-refractivity contribution in [2.45, 2.75) is 19.3 Å². The number of esters is 1. The summed E-state index contributed by atoms with van der Waals surface area (Å²) in [6, 6.07) is 7.67. The van der Waals surface area contributed by atoms with Gasteiger partial charge in [-0.05, 0) is 43.3 Å². The quantitative estimate of drug-likeness (QED) is 0.210. The summed E-state index contributed by atoms with van der Waals surface area (Å²) in [5.41, 5.74) is -2.96. The van der Waals surface area contributed by atoms with Gasteiger partial charge in [-0.1, -0.05) is 12.1 Å². The normalized spacial score (nSPS) is 12.3. The summed E-state index contributed by atoms with van der Waals surface area (Å²) in [6.07, 6.45) is -8.44. The zero-order valence-electron chi connectivity index (χ0n) is 15.9. The fraction of sp³-hybridized carbons (Fsp3) is 0.200. The Bertz CT molecular complexity index is 983. The lowest BCUT2D eigenvalue weighted by Gasteiger charge is -2.12. The molecule has 0 aliphatic carbocycles. The van der Waals surface area contributed by atoms with Gasteiger partial charge in [0.05, 0.1) is 17.7 Å². The molecule has 0 aliphatic rings. The lowest BCUT2D eigenvalue weighted by atomic mass is 10.1.